The van der Waals surface area contributed by atoms with Gasteiger partial charge in [0, 0.05) is 10.9 Å². The van der Waals surface area contributed by atoms with Gasteiger partial charge in [-0.15, -0.1) is 11.3 Å². The Labute approximate surface area is 141 Å². The van der Waals surface area contributed by atoms with Crippen LogP contribution in [-0.2, 0) is 6.54 Å². The number of benzene rings is 2. The molecule has 0 saturated heterocycles. The minimum absolute atomic E-state index is 0.107. The van der Waals surface area contributed by atoms with E-state index in [9.17, 15) is 9.18 Å². The lowest BCUT2D eigenvalue weighted by Gasteiger charge is -2.06. The molecule has 2 heterocycles. The molecular formula is C19H13FN2OS. The van der Waals surface area contributed by atoms with Gasteiger partial charge in [-0.3, -0.25) is 9.36 Å². The Morgan fingerprint density at radius 2 is 1.92 bits per heavy atom. The number of rotatable bonds is 3. The fourth-order valence-electron chi connectivity index (χ4n) is 2.74. The van der Waals surface area contributed by atoms with E-state index in [0.29, 0.717) is 16.8 Å². The summed E-state index contributed by atoms with van der Waals surface area (Å²) in [6, 6.07) is 16.0. The highest BCUT2D eigenvalue weighted by atomic mass is 32.1. The monoisotopic (exact) mass is 336 g/mol. The molecule has 4 rings (SSSR count). The van der Waals surface area contributed by atoms with Crippen LogP contribution in [-0.4, -0.2) is 9.55 Å². The fourth-order valence-corrected chi connectivity index (χ4v) is 3.65. The number of fused-ring (bicyclic) bond motifs is 1. The average molecular weight is 336 g/mol. The second kappa shape index (κ2) is 6.02. The minimum Gasteiger partial charge on any atom is -0.294 e. The van der Waals surface area contributed by atoms with E-state index in [0.717, 1.165) is 16.7 Å². The Bertz CT molecular complexity index is 1070. The van der Waals surface area contributed by atoms with E-state index < -0.39 is 0 Å². The third kappa shape index (κ3) is 2.63. The molecule has 2 aromatic carbocycles. The van der Waals surface area contributed by atoms with Crippen LogP contribution in [0.1, 0.15) is 5.56 Å². The van der Waals surface area contributed by atoms with Crippen molar-refractivity contribution in [1.29, 1.82) is 0 Å². The highest BCUT2D eigenvalue weighted by Gasteiger charge is 2.13. The molecule has 4 aromatic rings. The van der Waals surface area contributed by atoms with Crippen LogP contribution in [0.2, 0.25) is 0 Å². The van der Waals surface area contributed by atoms with E-state index >= 15 is 0 Å². The summed E-state index contributed by atoms with van der Waals surface area (Å²) >= 11 is 1.46. The molecule has 0 aliphatic heterocycles. The largest absolute Gasteiger partial charge is 0.294 e. The van der Waals surface area contributed by atoms with Gasteiger partial charge in [0.25, 0.3) is 5.56 Å². The summed E-state index contributed by atoms with van der Waals surface area (Å²) in [6.07, 6.45) is 1.53. The Balaban J connectivity index is 1.84. The summed E-state index contributed by atoms with van der Waals surface area (Å²) in [6.45, 7) is 0.295. The standard InChI is InChI=1S/C19H13FN2OS/c20-15-8-4-5-13(9-15)10-22-12-21-18-17(19(22)23)16(11-24-18)14-6-2-1-3-7-14/h1-9,11-12H,10H2. The lowest BCUT2D eigenvalue weighted by molar-refractivity contribution is 0.622. The van der Waals surface area contributed by atoms with Crippen LogP contribution in [0.25, 0.3) is 21.3 Å². The third-order valence-electron chi connectivity index (χ3n) is 3.89. The van der Waals surface area contributed by atoms with Crippen LogP contribution >= 0.6 is 11.3 Å². The Morgan fingerprint density at radius 1 is 1.08 bits per heavy atom. The van der Waals surface area contributed by atoms with Crippen molar-refractivity contribution < 1.29 is 4.39 Å². The first kappa shape index (κ1) is 14.8. The van der Waals surface area contributed by atoms with Crippen molar-refractivity contribution in [3.05, 3.63) is 88.0 Å². The number of thiophene rings is 1. The molecule has 0 amide bonds. The summed E-state index contributed by atoms with van der Waals surface area (Å²) in [5, 5.41) is 2.58. The lowest BCUT2D eigenvalue weighted by Crippen LogP contribution is -2.21. The molecule has 2 aromatic heterocycles. The molecule has 3 nitrogen and oxygen atoms in total. The molecule has 0 radical (unpaired) electrons. The van der Waals surface area contributed by atoms with Gasteiger partial charge >= 0.3 is 0 Å². The summed E-state index contributed by atoms with van der Waals surface area (Å²) < 4.78 is 14.9. The van der Waals surface area contributed by atoms with Gasteiger partial charge in [-0.25, -0.2) is 9.37 Å². The topological polar surface area (TPSA) is 34.9 Å². The van der Waals surface area contributed by atoms with Crippen molar-refractivity contribution in [2.45, 2.75) is 6.54 Å². The number of nitrogens with zero attached hydrogens (tertiary/aromatic N) is 2. The lowest BCUT2D eigenvalue weighted by atomic mass is 10.1. The number of halogens is 1. The van der Waals surface area contributed by atoms with Gasteiger partial charge in [0.2, 0.25) is 0 Å². The maximum atomic E-state index is 13.4. The highest BCUT2D eigenvalue weighted by Crippen LogP contribution is 2.30. The number of hydrogen-bond donors (Lipinski definition) is 0. The zero-order valence-electron chi connectivity index (χ0n) is 12.6. The first-order chi connectivity index (χ1) is 11.7. The Hall–Kier alpha value is -2.79. The summed E-state index contributed by atoms with van der Waals surface area (Å²) in [7, 11) is 0. The van der Waals surface area contributed by atoms with E-state index in [1.807, 2.05) is 35.7 Å². The van der Waals surface area contributed by atoms with Crippen LogP contribution in [0.15, 0.2) is 71.1 Å². The van der Waals surface area contributed by atoms with Crippen molar-refractivity contribution in [2.24, 2.45) is 0 Å². The maximum Gasteiger partial charge on any atom is 0.263 e. The number of hydrogen-bond acceptors (Lipinski definition) is 3. The van der Waals surface area contributed by atoms with E-state index in [1.165, 1.54) is 34.4 Å². The van der Waals surface area contributed by atoms with Gasteiger partial charge in [-0.05, 0) is 23.3 Å². The highest BCUT2D eigenvalue weighted by molar-refractivity contribution is 7.17. The van der Waals surface area contributed by atoms with Gasteiger partial charge in [0.1, 0.15) is 10.6 Å². The normalized spacial score (nSPS) is 11.0. The first-order valence-electron chi connectivity index (χ1n) is 7.49. The van der Waals surface area contributed by atoms with Crippen molar-refractivity contribution in [3.8, 4) is 11.1 Å². The van der Waals surface area contributed by atoms with E-state index in [-0.39, 0.29) is 11.4 Å². The summed E-state index contributed by atoms with van der Waals surface area (Å²) in [4.78, 5) is 18.0. The van der Waals surface area contributed by atoms with Crippen molar-refractivity contribution in [1.82, 2.24) is 9.55 Å². The van der Waals surface area contributed by atoms with Crippen molar-refractivity contribution in [3.63, 3.8) is 0 Å². The van der Waals surface area contributed by atoms with Gasteiger partial charge in [-0.1, -0.05) is 42.5 Å². The second-order valence-corrected chi connectivity index (χ2v) is 6.36. The van der Waals surface area contributed by atoms with Gasteiger partial charge in [-0.2, -0.15) is 0 Å². The molecule has 0 aliphatic carbocycles. The van der Waals surface area contributed by atoms with Gasteiger partial charge in [0.15, 0.2) is 0 Å². The zero-order chi connectivity index (χ0) is 16.5. The van der Waals surface area contributed by atoms with E-state index in [4.69, 9.17) is 0 Å². The van der Waals surface area contributed by atoms with E-state index in [2.05, 4.69) is 4.98 Å². The molecule has 0 N–H and O–H groups in total. The average Bonchev–Trinajstić information content (AvgIpc) is 3.03. The summed E-state index contributed by atoms with van der Waals surface area (Å²) in [5.74, 6) is -0.310. The smallest absolute Gasteiger partial charge is 0.263 e. The molecule has 0 unspecified atom stereocenters. The van der Waals surface area contributed by atoms with Crippen LogP contribution in [0.4, 0.5) is 4.39 Å². The minimum atomic E-state index is -0.310. The van der Waals surface area contributed by atoms with Crippen molar-refractivity contribution >= 4 is 21.6 Å². The predicted octanol–water partition coefficient (Wildman–Crippen LogP) is 4.31. The molecular weight excluding hydrogens is 323 g/mol. The van der Waals surface area contributed by atoms with Gasteiger partial charge < -0.3 is 0 Å². The van der Waals surface area contributed by atoms with Crippen LogP contribution in [0.3, 0.4) is 0 Å². The SMILES string of the molecule is O=c1c2c(-c3ccccc3)csc2ncn1Cc1cccc(F)c1. The Kier molecular flexibility index (Phi) is 3.70. The molecule has 0 atom stereocenters. The molecule has 24 heavy (non-hydrogen) atoms. The molecule has 5 heteroatoms. The molecule has 118 valence electrons. The zero-order valence-corrected chi connectivity index (χ0v) is 13.5. The molecule has 0 fully saturated rings. The summed E-state index contributed by atoms with van der Waals surface area (Å²) in [5.41, 5.74) is 2.51. The second-order valence-electron chi connectivity index (χ2n) is 5.50. The third-order valence-corrected chi connectivity index (χ3v) is 4.77. The van der Waals surface area contributed by atoms with Crippen LogP contribution in [0, 0.1) is 5.82 Å². The predicted molar refractivity (Wildman–Crippen MR) is 94.8 cm³/mol. The molecule has 0 aliphatic rings. The van der Waals surface area contributed by atoms with Crippen LogP contribution < -0.4 is 5.56 Å². The number of aromatic nitrogens is 2. The molecule has 0 spiro atoms. The Morgan fingerprint density at radius 3 is 2.71 bits per heavy atom. The van der Waals surface area contributed by atoms with Crippen molar-refractivity contribution in [2.75, 3.05) is 0 Å². The fraction of sp³-hybridized carbons (Fsp3) is 0.0526. The molecule has 0 bridgehead atoms. The maximum absolute atomic E-state index is 13.4. The van der Waals surface area contributed by atoms with Gasteiger partial charge in [0.05, 0.1) is 18.3 Å². The first-order valence-corrected chi connectivity index (χ1v) is 8.37. The van der Waals surface area contributed by atoms with Crippen LogP contribution in [0.5, 0.6) is 0 Å². The molecule has 0 saturated carbocycles. The van der Waals surface area contributed by atoms with E-state index in [1.54, 1.807) is 12.1 Å². The quantitative estimate of drug-likeness (QED) is 0.559.